The molecule has 41 heavy (non-hydrogen) atoms. The van der Waals surface area contributed by atoms with E-state index in [2.05, 4.69) is 15.5 Å². The summed E-state index contributed by atoms with van der Waals surface area (Å²) in [6, 6.07) is 30.3. The molecule has 0 aliphatic carbocycles. The van der Waals surface area contributed by atoms with Crippen molar-refractivity contribution in [2.75, 3.05) is 9.62 Å². The van der Waals surface area contributed by atoms with Gasteiger partial charge in [-0.25, -0.2) is 8.42 Å². The van der Waals surface area contributed by atoms with Gasteiger partial charge < -0.3 is 0 Å². The van der Waals surface area contributed by atoms with Gasteiger partial charge in [0, 0.05) is 16.3 Å². The molecule has 1 amide bonds. The van der Waals surface area contributed by atoms with Crippen molar-refractivity contribution in [2.45, 2.75) is 28.5 Å². The van der Waals surface area contributed by atoms with E-state index < -0.39 is 10.0 Å². The number of halogens is 1. The molecule has 0 saturated heterocycles. The fraction of sp³-hybridized carbons (Fsp3) is 0.100. The molecule has 5 rings (SSSR count). The molecule has 1 aromatic heterocycles. The smallest absolute Gasteiger partial charge is 0.264 e. The van der Waals surface area contributed by atoms with Gasteiger partial charge in [-0.3, -0.25) is 14.4 Å². The van der Waals surface area contributed by atoms with Crippen LogP contribution in [0.25, 0.3) is 0 Å². The van der Waals surface area contributed by atoms with Crippen LogP contribution < -0.4 is 9.62 Å². The zero-order chi connectivity index (χ0) is 28.8. The first kappa shape index (κ1) is 28.8. The Kier molecular flexibility index (Phi) is 9.04. The first-order valence-corrected chi connectivity index (χ1v) is 16.2. The van der Waals surface area contributed by atoms with E-state index in [1.165, 1.54) is 21.2 Å². The van der Waals surface area contributed by atoms with E-state index in [-0.39, 0.29) is 17.3 Å². The molecule has 4 aromatic carbocycles. The van der Waals surface area contributed by atoms with Gasteiger partial charge in [0.2, 0.25) is 5.13 Å². The summed E-state index contributed by atoms with van der Waals surface area (Å²) < 4.78 is 29.5. The maximum Gasteiger partial charge on any atom is 0.264 e. The molecule has 1 N–H and O–H groups in total. The largest absolute Gasteiger partial charge is 0.296 e. The van der Waals surface area contributed by atoms with Crippen molar-refractivity contribution in [1.82, 2.24) is 10.2 Å². The number of thioether (sulfide) groups is 1. The number of nitrogens with one attached hydrogen (secondary N) is 1. The average molecular weight is 621 g/mol. The van der Waals surface area contributed by atoms with Crippen LogP contribution >= 0.6 is 34.7 Å². The first-order valence-electron chi connectivity index (χ1n) is 12.5. The zero-order valence-electron chi connectivity index (χ0n) is 21.9. The van der Waals surface area contributed by atoms with Crippen LogP contribution in [0.2, 0.25) is 5.02 Å². The molecule has 0 spiro atoms. The molecule has 0 aliphatic heterocycles. The molecule has 0 unspecified atom stereocenters. The van der Waals surface area contributed by atoms with E-state index in [4.69, 9.17) is 11.6 Å². The second-order valence-electron chi connectivity index (χ2n) is 9.05. The number of sulfonamides is 1. The lowest BCUT2D eigenvalue weighted by molar-refractivity contribution is 0.102. The van der Waals surface area contributed by atoms with E-state index in [9.17, 15) is 13.2 Å². The van der Waals surface area contributed by atoms with Gasteiger partial charge in [-0.15, -0.1) is 10.2 Å². The highest BCUT2D eigenvalue weighted by Crippen LogP contribution is 2.32. The van der Waals surface area contributed by atoms with Crippen molar-refractivity contribution in [2.24, 2.45) is 0 Å². The Labute approximate surface area is 252 Å². The Morgan fingerprint density at radius 1 is 0.902 bits per heavy atom. The quantitative estimate of drug-likeness (QED) is 0.129. The second kappa shape index (κ2) is 12.9. The minimum Gasteiger partial charge on any atom is -0.296 e. The fourth-order valence-corrected chi connectivity index (χ4v) is 7.40. The zero-order valence-corrected chi connectivity index (χ0v) is 25.1. The van der Waals surface area contributed by atoms with E-state index in [0.29, 0.717) is 27.0 Å². The van der Waals surface area contributed by atoms with Gasteiger partial charge in [0.15, 0.2) is 4.34 Å². The van der Waals surface area contributed by atoms with Gasteiger partial charge in [0.1, 0.15) is 0 Å². The van der Waals surface area contributed by atoms with Crippen LogP contribution in [0.4, 0.5) is 10.8 Å². The van der Waals surface area contributed by atoms with Crippen LogP contribution in [0.3, 0.4) is 0 Å². The van der Waals surface area contributed by atoms with Crippen LogP contribution in [-0.4, -0.2) is 24.5 Å². The lowest BCUT2D eigenvalue weighted by atomic mass is 10.1. The standard InChI is InChI=1S/C30H25ClN4O3S3/c1-21-12-17-25(31)18-27(21)35(41(37,38)26-10-6-3-7-11-26)19-22-13-15-24(16-14-22)28(36)32-29-33-34-30(40-29)39-20-23-8-4-2-5-9-23/h2-18H,19-20H2,1H3,(H,32,33,36). The number of benzene rings is 4. The van der Waals surface area contributed by atoms with Crippen molar-refractivity contribution >= 4 is 61.4 Å². The van der Waals surface area contributed by atoms with Gasteiger partial charge in [-0.2, -0.15) is 0 Å². The molecule has 0 bridgehead atoms. The molecule has 0 fully saturated rings. The molecule has 5 aromatic rings. The third-order valence-corrected chi connectivity index (χ3v) is 10.2. The van der Waals surface area contributed by atoms with Crippen LogP contribution in [0.15, 0.2) is 112 Å². The summed E-state index contributed by atoms with van der Waals surface area (Å²) in [5.74, 6) is 0.433. The summed E-state index contributed by atoms with van der Waals surface area (Å²) in [4.78, 5) is 13.1. The molecule has 7 nitrogen and oxygen atoms in total. The topological polar surface area (TPSA) is 92.3 Å². The molecule has 11 heteroatoms. The van der Waals surface area contributed by atoms with Crippen LogP contribution in [-0.2, 0) is 22.3 Å². The monoisotopic (exact) mass is 620 g/mol. The summed E-state index contributed by atoms with van der Waals surface area (Å²) in [7, 11) is -3.90. The Hall–Kier alpha value is -3.70. The van der Waals surface area contributed by atoms with Crippen molar-refractivity contribution in [1.29, 1.82) is 0 Å². The highest BCUT2D eigenvalue weighted by atomic mass is 35.5. The van der Waals surface area contributed by atoms with E-state index in [1.807, 2.05) is 37.3 Å². The highest BCUT2D eigenvalue weighted by Gasteiger charge is 2.26. The number of carbonyl (C=O) groups is 1. The number of hydrogen-bond acceptors (Lipinski definition) is 7. The number of hydrogen-bond donors (Lipinski definition) is 1. The van der Waals surface area contributed by atoms with E-state index in [0.717, 1.165) is 15.7 Å². The van der Waals surface area contributed by atoms with Crippen molar-refractivity contribution < 1.29 is 13.2 Å². The third kappa shape index (κ3) is 7.15. The summed E-state index contributed by atoms with van der Waals surface area (Å²) >= 11 is 9.12. The number of rotatable bonds is 10. The van der Waals surface area contributed by atoms with Gasteiger partial charge in [0.05, 0.1) is 17.1 Å². The number of carbonyl (C=O) groups excluding carboxylic acids is 1. The van der Waals surface area contributed by atoms with Crippen LogP contribution in [0, 0.1) is 6.92 Å². The van der Waals surface area contributed by atoms with Gasteiger partial charge in [-0.05, 0) is 60.0 Å². The summed E-state index contributed by atoms with van der Waals surface area (Å²) in [5.41, 5.74) is 3.55. The van der Waals surface area contributed by atoms with Crippen molar-refractivity contribution in [3.63, 3.8) is 0 Å². The molecule has 0 radical (unpaired) electrons. The summed E-state index contributed by atoms with van der Waals surface area (Å²) in [6.07, 6.45) is 0. The number of anilines is 2. The van der Waals surface area contributed by atoms with Gasteiger partial charge in [0.25, 0.3) is 15.9 Å². The maximum atomic E-state index is 13.7. The Bertz CT molecular complexity index is 1750. The SMILES string of the molecule is Cc1ccc(Cl)cc1N(Cc1ccc(C(=O)Nc2nnc(SCc3ccccc3)s2)cc1)S(=O)(=O)c1ccccc1. The molecule has 0 atom stereocenters. The van der Waals surface area contributed by atoms with Crippen LogP contribution in [0.1, 0.15) is 27.0 Å². The molecule has 1 heterocycles. The fourth-order valence-electron chi connectivity index (χ4n) is 4.01. The molecular formula is C30H25ClN4O3S3. The van der Waals surface area contributed by atoms with Crippen molar-refractivity contribution in [3.8, 4) is 0 Å². The average Bonchev–Trinajstić information content (AvgIpc) is 3.44. The first-order chi connectivity index (χ1) is 19.8. The van der Waals surface area contributed by atoms with Crippen LogP contribution in [0.5, 0.6) is 0 Å². The summed E-state index contributed by atoms with van der Waals surface area (Å²) in [5, 5.41) is 11.9. The molecule has 208 valence electrons. The van der Waals surface area contributed by atoms with Gasteiger partial charge in [-0.1, -0.05) is 101 Å². The Morgan fingerprint density at radius 2 is 1.59 bits per heavy atom. The lowest BCUT2D eigenvalue weighted by Crippen LogP contribution is -2.31. The molecular weight excluding hydrogens is 596 g/mol. The van der Waals surface area contributed by atoms with Gasteiger partial charge >= 0.3 is 0 Å². The number of amides is 1. The number of aromatic nitrogens is 2. The van der Waals surface area contributed by atoms with E-state index >= 15 is 0 Å². The highest BCUT2D eigenvalue weighted by molar-refractivity contribution is 8.00. The second-order valence-corrected chi connectivity index (χ2v) is 13.6. The predicted octanol–water partition coefficient (Wildman–Crippen LogP) is 7.44. The maximum absolute atomic E-state index is 13.7. The Balaban J connectivity index is 1.30. The minimum absolute atomic E-state index is 0.0543. The molecule has 0 saturated carbocycles. The minimum atomic E-state index is -3.90. The lowest BCUT2D eigenvalue weighted by Gasteiger charge is -2.26. The van der Waals surface area contributed by atoms with E-state index in [1.54, 1.807) is 84.6 Å². The normalized spacial score (nSPS) is 11.3. The van der Waals surface area contributed by atoms with Crippen molar-refractivity contribution in [3.05, 3.63) is 130 Å². The summed E-state index contributed by atoms with van der Waals surface area (Å²) in [6.45, 7) is 1.89. The number of nitrogens with zero attached hydrogens (tertiary/aromatic N) is 3. The Morgan fingerprint density at radius 3 is 2.29 bits per heavy atom. The molecule has 0 aliphatic rings. The third-order valence-electron chi connectivity index (χ3n) is 6.15. The number of aryl methyl sites for hydroxylation is 1. The predicted molar refractivity (Wildman–Crippen MR) is 166 cm³/mol.